The third kappa shape index (κ3) is 2.04. The molecule has 0 aliphatic carbocycles. The number of methoxy groups -OCH3 is 2. The van der Waals surface area contributed by atoms with Gasteiger partial charge in [0.05, 0.1) is 26.5 Å². The first-order valence-corrected chi connectivity index (χ1v) is 5.66. The van der Waals surface area contributed by atoms with Crippen molar-refractivity contribution < 1.29 is 9.47 Å². The fourth-order valence-corrected chi connectivity index (χ4v) is 1.93. The number of nitrogens with two attached hydrogens (primary N) is 1. The summed E-state index contributed by atoms with van der Waals surface area (Å²) in [6.45, 7) is 2.34. The number of hydrogen-bond acceptors (Lipinski definition) is 4. The summed E-state index contributed by atoms with van der Waals surface area (Å²) >= 11 is 0. The van der Waals surface area contributed by atoms with Crippen LogP contribution >= 0.6 is 0 Å². The average molecular weight is 247 g/mol. The third-order valence-electron chi connectivity index (χ3n) is 2.86. The molecular weight excluding hydrogens is 230 g/mol. The normalized spacial score (nSPS) is 10.4. The number of benzene rings is 1. The van der Waals surface area contributed by atoms with Crippen LogP contribution in [0.1, 0.15) is 11.4 Å². The van der Waals surface area contributed by atoms with Crippen LogP contribution in [0.25, 0.3) is 5.69 Å². The average Bonchev–Trinajstić information content (AvgIpc) is 2.86. The summed E-state index contributed by atoms with van der Waals surface area (Å²) in [5, 5.41) is 0. The number of imidazole rings is 1. The number of hydrogen-bond donors (Lipinski definition) is 1. The van der Waals surface area contributed by atoms with E-state index < -0.39 is 0 Å². The van der Waals surface area contributed by atoms with E-state index >= 15 is 0 Å². The Morgan fingerprint density at radius 2 is 1.94 bits per heavy atom. The molecule has 0 unspecified atom stereocenters. The Balaban J connectivity index is 2.62. The maximum Gasteiger partial charge on any atom is 0.143 e. The lowest BCUT2D eigenvalue weighted by Gasteiger charge is -2.15. The van der Waals surface area contributed by atoms with E-state index in [1.165, 1.54) is 0 Å². The Bertz CT molecular complexity index is 549. The molecule has 0 saturated carbocycles. The summed E-state index contributed by atoms with van der Waals surface area (Å²) in [6.07, 6.45) is 3.57. The zero-order valence-electron chi connectivity index (χ0n) is 10.8. The van der Waals surface area contributed by atoms with Crippen molar-refractivity contribution in [3.63, 3.8) is 0 Å². The zero-order chi connectivity index (χ0) is 13.1. The van der Waals surface area contributed by atoms with Gasteiger partial charge in [-0.05, 0) is 18.6 Å². The van der Waals surface area contributed by atoms with Gasteiger partial charge in [0, 0.05) is 18.5 Å². The molecule has 2 N–H and O–H groups in total. The highest BCUT2D eigenvalue weighted by Crippen LogP contribution is 2.31. The van der Waals surface area contributed by atoms with Crippen LogP contribution in [0, 0.1) is 6.92 Å². The van der Waals surface area contributed by atoms with Crippen LogP contribution in [0.2, 0.25) is 0 Å². The fourth-order valence-electron chi connectivity index (χ4n) is 1.93. The van der Waals surface area contributed by atoms with Gasteiger partial charge in [-0.3, -0.25) is 4.57 Å². The zero-order valence-corrected chi connectivity index (χ0v) is 10.8. The van der Waals surface area contributed by atoms with Crippen molar-refractivity contribution in [1.29, 1.82) is 0 Å². The maximum absolute atomic E-state index is 5.67. The van der Waals surface area contributed by atoms with Crippen LogP contribution in [0.3, 0.4) is 0 Å². The van der Waals surface area contributed by atoms with Crippen molar-refractivity contribution in [2.24, 2.45) is 5.73 Å². The van der Waals surface area contributed by atoms with Crippen molar-refractivity contribution in [3.8, 4) is 17.2 Å². The van der Waals surface area contributed by atoms with Crippen molar-refractivity contribution in [1.82, 2.24) is 9.55 Å². The van der Waals surface area contributed by atoms with Crippen LogP contribution in [-0.2, 0) is 6.54 Å². The van der Waals surface area contributed by atoms with Gasteiger partial charge in [-0.25, -0.2) is 4.98 Å². The van der Waals surface area contributed by atoms with Crippen LogP contribution < -0.4 is 15.2 Å². The lowest BCUT2D eigenvalue weighted by Crippen LogP contribution is -2.08. The quantitative estimate of drug-likeness (QED) is 0.892. The van der Waals surface area contributed by atoms with Gasteiger partial charge in [0.1, 0.15) is 17.3 Å². The van der Waals surface area contributed by atoms with Gasteiger partial charge in [-0.1, -0.05) is 0 Å². The van der Waals surface area contributed by atoms with Crippen LogP contribution in [0.15, 0.2) is 24.5 Å². The number of aryl methyl sites for hydroxylation is 1. The molecule has 0 spiro atoms. The molecule has 0 atom stereocenters. The number of aromatic nitrogens is 2. The van der Waals surface area contributed by atoms with Gasteiger partial charge in [0.25, 0.3) is 0 Å². The van der Waals surface area contributed by atoms with E-state index in [9.17, 15) is 0 Å². The van der Waals surface area contributed by atoms with E-state index in [1.807, 2.05) is 29.8 Å². The first-order valence-electron chi connectivity index (χ1n) is 5.66. The Labute approximate surface area is 106 Å². The Morgan fingerprint density at radius 1 is 1.22 bits per heavy atom. The van der Waals surface area contributed by atoms with Crippen LogP contribution in [0.4, 0.5) is 0 Å². The van der Waals surface area contributed by atoms with E-state index in [-0.39, 0.29) is 0 Å². The summed E-state index contributed by atoms with van der Waals surface area (Å²) in [6, 6.07) is 3.86. The Kier molecular flexibility index (Phi) is 3.53. The lowest BCUT2D eigenvalue weighted by molar-refractivity contribution is 0.399. The van der Waals surface area contributed by atoms with Gasteiger partial charge in [-0.15, -0.1) is 0 Å². The lowest BCUT2D eigenvalue weighted by atomic mass is 10.2. The number of rotatable bonds is 4. The molecule has 96 valence electrons. The highest BCUT2D eigenvalue weighted by atomic mass is 16.5. The standard InChI is InChI=1S/C13H17N3O2/c1-9-6-12(18-3)10(7-11(9)17-2)16-5-4-15-13(16)8-14/h4-7H,8,14H2,1-3H3. The fraction of sp³-hybridized carbons (Fsp3) is 0.308. The third-order valence-corrected chi connectivity index (χ3v) is 2.86. The maximum atomic E-state index is 5.67. The molecule has 1 heterocycles. The molecule has 18 heavy (non-hydrogen) atoms. The number of nitrogens with zero attached hydrogens (tertiary/aromatic N) is 2. The largest absolute Gasteiger partial charge is 0.496 e. The molecule has 0 aliphatic heterocycles. The molecule has 1 aromatic heterocycles. The SMILES string of the molecule is COc1cc(-n2ccnc2CN)c(OC)cc1C. The van der Waals surface area contributed by atoms with Crippen LogP contribution in [-0.4, -0.2) is 23.8 Å². The molecule has 1 aromatic carbocycles. The molecule has 0 saturated heterocycles. The van der Waals surface area contributed by atoms with E-state index in [0.29, 0.717) is 6.54 Å². The van der Waals surface area contributed by atoms with Crippen molar-refractivity contribution >= 4 is 0 Å². The molecule has 0 radical (unpaired) electrons. The minimum Gasteiger partial charge on any atom is -0.496 e. The Morgan fingerprint density at radius 3 is 2.56 bits per heavy atom. The summed E-state index contributed by atoms with van der Waals surface area (Å²) in [5.74, 6) is 2.35. The highest BCUT2D eigenvalue weighted by Gasteiger charge is 2.12. The van der Waals surface area contributed by atoms with E-state index in [1.54, 1.807) is 20.4 Å². The van der Waals surface area contributed by atoms with Gasteiger partial charge < -0.3 is 15.2 Å². The van der Waals surface area contributed by atoms with Gasteiger partial charge >= 0.3 is 0 Å². The summed E-state index contributed by atoms with van der Waals surface area (Å²) in [5.41, 5.74) is 7.56. The summed E-state index contributed by atoms with van der Waals surface area (Å²) < 4.78 is 12.6. The van der Waals surface area contributed by atoms with Gasteiger partial charge in [0.2, 0.25) is 0 Å². The second kappa shape index (κ2) is 5.10. The second-order valence-electron chi connectivity index (χ2n) is 3.91. The van der Waals surface area contributed by atoms with Crippen molar-refractivity contribution in [3.05, 3.63) is 35.9 Å². The second-order valence-corrected chi connectivity index (χ2v) is 3.91. The summed E-state index contributed by atoms with van der Waals surface area (Å²) in [7, 11) is 3.29. The molecule has 0 amide bonds. The minimum absolute atomic E-state index is 0.367. The van der Waals surface area contributed by atoms with Crippen molar-refractivity contribution in [2.45, 2.75) is 13.5 Å². The van der Waals surface area contributed by atoms with E-state index in [0.717, 1.165) is 28.6 Å². The molecule has 5 heteroatoms. The van der Waals surface area contributed by atoms with E-state index in [2.05, 4.69) is 4.98 Å². The minimum atomic E-state index is 0.367. The molecular formula is C13H17N3O2. The first kappa shape index (κ1) is 12.4. The van der Waals surface area contributed by atoms with E-state index in [4.69, 9.17) is 15.2 Å². The molecule has 2 rings (SSSR count). The van der Waals surface area contributed by atoms with Gasteiger partial charge in [-0.2, -0.15) is 0 Å². The van der Waals surface area contributed by atoms with Crippen molar-refractivity contribution in [2.75, 3.05) is 14.2 Å². The van der Waals surface area contributed by atoms with Gasteiger partial charge in [0.15, 0.2) is 0 Å². The van der Waals surface area contributed by atoms with Crippen LogP contribution in [0.5, 0.6) is 11.5 Å². The molecule has 2 aromatic rings. The predicted molar refractivity (Wildman–Crippen MR) is 69.3 cm³/mol. The topological polar surface area (TPSA) is 62.3 Å². The molecule has 0 bridgehead atoms. The predicted octanol–water partition coefficient (Wildman–Crippen LogP) is 1.66. The first-order chi connectivity index (χ1) is 8.71. The monoisotopic (exact) mass is 247 g/mol. The number of ether oxygens (including phenoxy) is 2. The Hall–Kier alpha value is -2.01. The molecule has 0 fully saturated rings. The summed E-state index contributed by atoms with van der Waals surface area (Å²) in [4.78, 5) is 4.21. The smallest absolute Gasteiger partial charge is 0.143 e. The highest BCUT2D eigenvalue weighted by molar-refractivity contribution is 5.55. The molecule has 5 nitrogen and oxygen atoms in total. The molecule has 0 aliphatic rings.